The Bertz CT molecular complexity index is 753. The Labute approximate surface area is 153 Å². The van der Waals surface area contributed by atoms with Crippen LogP contribution in [0.3, 0.4) is 0 Å². The average Bonchev–Trinajstić information content (AvgIpc) is 3.02. The first-order chi connectivity index (χ1) is 12.7. The number of hydrogen-bond donors (Lipinski definition) is 0. The van der Waals surface area contributed by atoms with E-state index in [-0.39, 0.29) is 11.7 Å². The fourth-order valence-electron chi connectivity index (χ4n) is 3.10. The van der Waals surface area contributed by atoms with Crippen molar-refractivity contribution in [3.8, 4) is 0 Å². The second kappa shape index (κ2) is 8.76. The fourth-order valence-corrected chi connectivity index (χ4v) is 3.10. The van der Waals surface area contributed by atoms with Gasteiger partial charge in [0.1, 0.15) is 5.82 Å². The average molecular weight is 356 g/mol. The zero-order valence-corrected chi connectivity index (χ0v) is 15.1. The number of benzene rings is 1. The van der Waals surface area contributed by atoms with Gasteiger partial charge < -0.3 is 4.90 Å². The molecule has 6 heteroatoms. The van der Waals surface area contributed by atoms with Crippen LogP contribution in [0.25, 0.3) is 6.08 Å². The Kier molecular flexibility index (Phi) is 6.17. The Balaban J connectivity index is 1.51. The molecule has 3 rings (SSSR count). The lowest BCUT2D eigenvalue weighted by molar-refractivity contribution is 0.0762. The summed E-state index contributed by atoms with van der Waals surface area (Å²) in [6.45, 7) is 6.90. The summed E-state index contributed by atoms with van der Waals surface area (Å²) in [6.07, 6.45) is 8.52. The molecule has 138 valence electrons. The third kappa shape index (κ3) is 4.79. The van der Waals surface area contributed by atoms with Crippen LogP contribution in [0.1, 0.15) is 29.3 Å². The van der Waals surface area contributed by atoms with Crippen LogP contribution >= 0.6 is 0 Å². The van der Waals surface area contributed by atoms with Crippen molar-refractivity contribution in [1.29, 1.82) is 0 Å². The van der Waals surface area contributed by atoms with Gasteiger partial charge in [-0.25, -0.2) is 4.39 Å². The van der Waals surface area contributed by atoms with Crippen LogP contribution in [0.5, 0.6) is 0 Å². The van der Waals surface area contributed by atoms with Gasteiger partial charge in [-0.2, -0.15) is 5.10 Å². The molecule has 1 aliphatic rings. The minimum atomic E-state index is -0.219. The summed E-state index contributed by atoms with van der Waals surface area (Å²) in [5.74, 6) is -0.155. The molecule has 0 saturated carbocycles. The summed E-state index contributed by atoms with van der Waals surface area (Å²) in [7, 11) is 0. The van der Waals surface area contributed by atoms with E-state index in [1.165, 1.54) is 12.1 Å². The van der Waals surface area contributed by atoms with Crippen molar-refractivity contribution in [2.24, 2.45) is 0 Å². The van der Waals surface area contributed by atoms with E-state index in [1.807, 2.05) is 24.1 Å². The van der Waals surface area contributed by atoms with E-state index >= 15 is 0 Å². The van der Waals surface area contributed by atoms with Gasteiger partial charge in [0, 0.05) is 45.5 Å². The van der Waals surface area contributed by atoms with Gasteiger partial charge in [-0.3, -0.25) is 14.4 Å². The first-order valence-corrected chi connectivity index (χ1v) is 9.12. The van der Waals surface area contributed by atoms with E-state index in [1.54, 1.807) is 23.0 Å². The highest BCUT2D eigenvalue weighted by molar-refractivity contribution is 5.93. The molecule has 0 bridgehead atoms. The van der Waals surface area contributed by atoms with Crippen molar-refractivity contribution in [3.63, 3.8) is 0 Å². The van der Waals surface area contributed by atoms with Gasteiger partial charge in [0.05, 0.1) is 11.8 Å². The maximum Gasteiger partial charge on any atom is 0.257 e. The van der Waals surface area contributed by atoms with Crippen LogP contribution < -0.4 is 0 Å². The topological polar surface area (TPSA) is 41.4 Å². The molecule has 0 spiro atoms. The quantitative estimate of drug-likeness (QED) is 0.827. The molecular weight excluding hydrogens is 331 g/mol. The summed E-state index contributed by atoms with van der Waals surface area (Å²) < 4.78 is 14.7. The number of hydrogen-bond acceptors (Lipinski definition) is 3. The molecule has 1 aromatic carbocycles. The summed E-state index contributed by atoms with van der Waals surface area (Å²) in [6, 6.07) is 6.47. The molecule has 1 amide bonds. The number of nitrogens with zero attached hydrogens (tertiary/aromatic N) is 4. The first-order valence-electron chi connectivity index (χ1n) is 9.12. The van der Waals surface area contributed by atoms with Crippen molar-refractivity contribution in [3.05, 3.63) is 59.7 Å². The minimum Gasteiger partial charge on any atom is -0.337 e. The third-order valence-corrected chi connectivity index (χ3v) is 4.62. The van der Waals surface area contributed by atoms with E-state index in [4.69, 9.17) is 0 Å². The second-order valence-corrected chi connectivity index (χ2v) is 6.48. The molecule has 0 N–H and O–H groups in total. The van der Waals surface area contributed by atoms with Gasteiger partial charge >= 0.3 is 0 Å². The van der Waals surface area contributed by atoms with Crippen LogP contribution in [0, 0.1) is 5.82 Å². The number of carbonyl (C=O) groups is 1. The maximum atomic E-state index is 12.9. The van der Waals surface area contributed by atoms with Gasteiger partial charge in [0.2, 0.25) is 0 Å². The standard InChI is InChI=1S/C20H25FN4O/c1-2-25-16-18(15-22-25)20(26)24-12-4-11-23(13-14-24)10-3-5-17-6-8-19(21)9-7-17/h3,5-9,15-16H,2,4,10-14H2,1H3. The Morgan fingerprint density at radius 1 is 1.19 bits per heavy atom. The predicted octanol–water partition coefficient (Wildman–Crippen LogP) is 2.90. The van der Waals surface area contributed by atoms with Crippen molar-refractivity contribution >= 4 is 12.0 Å². The van der Waals surface area contributed by atoms with Gasteiger partial charge in [0.15, 0.2) is 0 Å². The number of rotatable bonds is 5. The summed E-state index contributed by atoms with van der Waals surface area (Å²) in [5, 5.41) is 4.19. The first kappa shape index (κ1) is 18.3. The predicted molar refractivity (Wildman–Crippen MR) is 100 cm³/mol. The van der Waals surface area contributed by atoms with E-state index in [0.29, 0.717) is 5.56 Å². The molecule has 0 radical (unpaired) electrons. The second-order valence-electron chi connectivity index (χ2n) is 6.48. The molecule has 1 saturated heterocycles. The van der Waals surface area contributed by atoms with Crippen LogP contribution in [0.15, 0.2) is 42.7 Å². The molecule has 5 nitrogen and oxygen atoms in total. The number of carbonyl (C=O) groups excluding carboxylic acids is 1. The number of halogens is 1. The lowest BCUT2D eigenvalue weighted by atomic mass is 10.2. The molecule has 0 atom stereocenters. The van der Waals surface area contributed by atoms with E-state index in [0.717, 1.165) is 51.3 Å². The summed E-state index contributed by atoms with van der Waals surface area (Å²) in [5.41, 5.74) is 1.66. The van der Waals surface area contributed by atoms with Gasteiger partial charge in [-0.05, 0) is 31.0 Å². The minimum absolute atomic E-state index is 0.0633. The molecule has 1 aliphatic heterocycles. The summed E-state index contributed by atoms with van der Waals surface area (Å²) >= 11 is 0. The Morgan fingerprint density at radius 2 is 2.00 bits per heavy atom. The highest BCUT2D eigenvalue weighted by Gasteiger charge is 2.20. The molecule has 1 fully saturated rings. The molecule has 26 heavy (non-hydrogen) atoms. The third-order valence-electron chi connectivity index (χ3n) is 4.62. The number of aromatic nitrogens is 2. The molecule has 1 aromatic heterocycles. The summed E-state index contributed by atoms with van der Waals surface area (Å²) in [4.78, 5) is 16.9. The molecule has 0 unspecified atom stereocenters. The lowest BCUT2D eigenvalue weighted by Gasteiger charge is -2.20. The fraction of sp³-hybridized carbons (Fsp3) is 0.400. The van der Waals surface area contributed by atoms with Gasteiger partial charge in [0.25, 0.3) is 5.91 Å². The van der Waals surface area contributed by atoms with E-state index in [9.17, 15) is 9.18 Å². The van der Waals surface area contributed by atoms with E-state index in [2.05, 4.69) is 16.1 Å². The number of aryl methyl sites for hydroxylation is 1. The lowest BCUT2D eigenvalue weighted by Crippen LogP contribution is -2.35. The van der Waals surface area contributed by atoms with Crippen LogP contribution in [-0.2, 0) is 6.54 Å². The van der Waals surface area contributed by atoms with Crippen LogP contribution in [0.4, 0.5) is 4.39 Å². The Morgan fingerprint density at radius 3 is 2.73 bits per heavy atom. The molecule has 2 aromatic rings. The van der Waals surface area contributed by atoms with Crippen LogP contribution in [0.2, 0.25) is 0 Å². The van der Waals surface area contributed by atoms with Crippen molar-refractivity contribution in [2.45, 2.75) is 19.9 Å². The maximum absolute atomic E-state index is 12.9. The number of amides is 1. The van der Waals surface area contributed by atoms with Gasteiger partial charge in [-0.1, -0.05) is 24.3 Å². The zero-order valence-electron chi connectivity index (χ0n) is 15.1. The SMILES string of the molecule is CCn1cc(C(=O)N2CCCN(CC=Cc3ccc(F)cc3)CC2)cn1. The van der Waals surface area contributed by atoms with Crippen molar-refractivity contribution in [2.75, 3.05) is 32.7 Å². The highest BCUT2D eigenvalue weighted by atomic mass is 19.1. The smallest absolute Gasteiger partial charge is 0.257 e. The highest BCUT2D eigenvalue weighted by Crippen LogP contribution is 2.10. The normalized spacial score (nSPS) is 16.2. The van der Waals surface area contributed by atoms with Crippen LogP contribution in [-0.4, -0.2) is 58.2 Å². The Hall–Kier alpha value is -2.47. The monoisotopic (exact) mass is 356 g/mol. The van der Waals surface area contributed by atoms with Crippen molar-refractivity contribution < 1.29 is 9.18 Å². The molecule has 2 heterocycles. The van der Waals surface area contributed by atoms with Crippen molar-refractivity contribution in [1.82, 2.24) is 19.6 Å². The molecular formula is C20H25FN4O. The van der Waals surface area contributed by atoms with E-state index < -0.39 is 0 Å². The zero-order chi connectivity index (χ0) is 18.4. The molecule has 0 aliphatic carbocycles. The largest absolute Gasteiger partial charge is 0.337 e. The van der Waals surface area contributed by atoms with Gasteiger partial charge in [-0.15, -0.1) is 0 Å².